The third-order valence-corrected chi connectivity index (χ3v) is 2.73. The number of aliphatic hydroxyl groups is 1. The minimum absolute atomic E-state index is 0.0293. The molecule has 106 valence electrons. The first-order valence-corrected chi connectivity index (χ1v) is 6.34. The molecule has 1 aromatic carbocycles. The molecule has 5 heteroatoms. The van der Waals surface area contributed by atoms with Crippen LogP contribution in [0.3, 0.4) is 0 Å². The molecule has 2 N–H and O–H groups in total. The van der Waals surface area contributed by atoms with Crippen molar-refractivity contribution in [3.63, 3.8) is 0 Å². The first-order chi connectivity index (χ1) is 9.15. The first kappa shape index (κ1) is 15.6. The zero-order valence-electron chi connectivity index (χ0n) is 11.6. The molecule has 0 heterocycles. The smallest absolute Gasteiger partial charge is 0.238 e. The molecule has 0 unspecified atom stereocenters. The van der Waals surface area contributed by atoms with Gasteiger partial charge in [-0.2, -0.15) is 0 Å². The van der Waals surface area contributed by atoms with Crippen LogP contribution < -0.4 is 5.32 Å². The first-order valence-electron chi connectivity index (χ1n) is 6.34. The second kappa shape index (κ2) is 8.63. The summed E-state index contributed by atoms with van der Waals surface area (Å²) in [6.07, 6.45) is 0. The Morgan fingerprint density at radius 1 is 1.32 bits per heavy atom. The van der Waals surface area contributed by atoms with Crippen LogP contribution >= 0.6 is 0 Å². The van der Waals surface area contributed by atoms with Crippen molar-refractivity contribution in [3.8, 4) is 0 Å². The maximum absolute atomic E-state index is 11.9. The summed E-state index contributed by atoms with van der Waals surface area (Å²) in [5.74, 6) is -0.0894. The number of carbonyl (C=O) groups excluding carboxylic acids is 1. The lowest BCUT2D eigenvalue weighted by molar-refractivity contribution is -0.117. The molecule has 0 saturated heterocycles. The van der Waals surface area contributed by atoms with Gasteiger partial charge in [0.25, 0.3) is 0 Å². The van der Waals surface area contributed by atoms with Crippen LogP contribution in [0.2, 0.25) is 0 Å². The highest BCUT2D eigenvalue weighted by Crippen LogP contribution is 2.08. The third kappa shape index (κ3) is 6.33. The number of hydrogen-bond donors (Lipinski definition) is 2. The number of hydrogen-bond acceptors (Lipinski definition) is 4. The van der Waals surface area contributed by atoms with Gasteiger partial charge in [-0.05, 0) is 19.1 Å². The molecule has 0 aliphatic rings. The number of aliphatic hydroxyl groups excluding tert-OH is 1. The van der Waals surface area contributed by atoms with Crippen LogP contribution in [0.5, 0.6) is 0 Å². The standard InChI is InChI=1S/C14H22N2O3/c1-12-3-5-13(6-4-12)15-14(18)11-16(7-9-17)8-10-19-2/h3-6,17H,7-11H2,1-2H3,(H,15,18). The Morgan fingerprint density at radius 3 is 2.58 bits per heavy atom. The molecule has 1 amide bonds. The number of nitrogens with zero attached hydrogens (tertiary/aromatic N) is 1. The number of amides is 1. The van der Waals surface area contributed by atoms with E-state index in [1.807, 2.05) is 36.1 Å². The Morgan fingerprint density at radius 2 is 2.00 bits per heavy atom. The fraction of sp³-hybridized carbons (Fsp3) is 0.500. The second-order valence-corrected chi connectivity index (χ2v) is 4.41. The molecule has 0 bridgehead atoms. The summed E-state index contributed by atoms with van der Waals surface area (Å²) in [5.41, 5.74) is 1.94. The maximum Gasteiger partial charge on any atom is 0.238 e. The van der Waals surface area contributed by atoms with E-state index in [1.54, 1.807) is 7.11 Å². The number of aryl methyl sites for hydroxylation is 1. The molecule has 0 aliphatic carbocycles. The van der Waals surface area contributed by atoms with Crippen LogP contribution in [0.1, 0.15) is 5.56 Å². The second-order valence-electron chi connectivity index (χ2n) is 4.41. The number of anilines is 1. The van der Waals surface area contributed by atoms with Crippen LogP contribution in [0.25, 0.3) is 0 Å². The molecule has 0 aromatic heterocycles. The highest BCUT2D eigenvalue weighted by molar-refractivity contribution is 5.92. The molecular formula is C14H22N2O3. The Labute approximate surface area is 114 Å². The maximum atomic E-state index is 11.9. The number of nitrogens with one attached hydrogen (secondary N) is 1. The monoisotopic (exact) mass is 266 g/mol. The van der Waals surface area contributed by atoms with Crippen LogP contribution in [0, 0.1) is 6.92 Å². The van der Waals surface area contributed by atoms with Crippen molar-refractivity contribution in [2.24, 2.45) is 0 Å². The average molecular weight is 266 g/mol. The Hall–Kier alpha value is -1.43. The number of ether oxygens (including phenoxy) is 1. The minimum atomic E-state index is -0.0894. The lowest BCUT2D eigenvalue weighted by atomic mass is 10.2. The summed E-state index contributed by atoms with van der Waals surface area (Å²) in [7, 11) is 1.61. The van der Waals surface area contributed by atoms with E-state index in [0.29, 0.717) is 19.7 Å². The summed E-state index contributed by atoms with van der Waals surface area (Å²) in [6, 6.07) is 7.65. The Balaban J connectivity index is 2.45. The highest BCUT2D eigenvalue weighted by atomic mass is 16.5. The summed E-state index contributed by atoms with van der Waals surface area (Å²) < 4.78 is 4.98. The predicted octanol–water partition coefficient (Wildman–Crippen LogP) is 0.874. The van der Waals surface area contributed by atoms with E-state index in [0.717, 1.165) is 11.3 Å². The zero-order valence-corrected chi connectivity index (χ0v) is 11.6. The van der Waals surface area contributed by atoms with Crippen molar-refractivity contribution in [3.05, 3.63) is 29.8 Å². The van der Waals surface area contributed by atoms with E-state index in [9.17, 15) is 4.79 Å². The number of carbonyl (C=O) groups is 1. The van der Waals surface area contributed by atoms with Crippen LogP contribution in [0.15, 0.2) is 24.3 Å². The Kier molecular flexibility index (Phi) is 7.10. The van der Waals surface area contributed by atoms with E-state index in [4.69, 9.17) is 9.84 Å². The predicted molar refractivity (Wildman–Crippen MR) is 75.2 cm³/mol. The van der Waals surface area contributed by atoms with Crippen molar-refractivity contribution in [1.82, 2.24) is 4.90 Å². The van der Waals surface area contributed by atoms with Crippen molar-refractivity contribution in [2.45, 2.75) is 6.92 Å². The molecule has 0 spiro atoms. The molecule has 19 heavy (non-hydrogen) atoms. The van der Waals surface area contributed by atoms with Gasteiger partial charge in [-0.25, -0.2) is 0 Å². The number of benzene rings is 1. The third-order valence-electron chi connectivity index (χ3n) is 2.73. The molecule has 0 fully saturated rings. The molecule has 1 aromatic rings. The lowest BCUT2D eigenvalue weighted by Crippen LogP contribution is -2.37. The van der Waals surface area contributed by atoms with Crippen LogP contribution in [-0.4, -0.2) is 55.9 Å². The van der Waals surface area contributed by atoms with E-state index in [1.165, 1.54) is 0 Å². The number of methoxy groups -OCH3 is 1. The highest BCUT2D eigenvalue weighted by Gasteiger charge is 2.10. The van der Waals surface area contributed by atoms with Crippen molar-refractivity contribution in [1.29, 1.82) is 0 Å². The van der Waals surface area contributed by atoms with Gasteiger partial charge in [0.15, 0.2) is 0 Å². The van der Waals surface area contributed by atoms with Gasteiger partial charge in [0.1, 0.15) is 0 Å². The summed E-state index contributed by atoms with van der Waals surface area (Å²) >= 11 is 0. The molecule has 0 aliphatic heterocycles. The molecule has 1 rings (SSSR count). The largest absolute Gasteiger partial charge is 0.395 e. The summed E-state index contributed by atoms with van der Waals surface area (Å²) in [4.78, 5) is 13.7. The number of rotatable bonds is 8. The molecule has 5 nitrogen and oxygen atoms in total. The lowest BCUT2D eigenvalue weighted by Gasteiger charge is -2.20. The SMILES string of the molecule is COCCN(CCO)CC(=O)Nc1ccc(C)cc1. The van der Waals surface area contributed by atoms with E-state index >= 15 is 0 Å². The topological polar surface area (TPSA) is 61.8 Å². The van der Waals surface area contributed by atoms with Crippen molar-refractivity contribution < 1.29 is 14.6 Å². The molecular weight excluding hydrogens is 244 g/mol. The van der Waals surface area contributed by atoms with Crippen LogP contribution in [0.4, 0.5) is 5.69 Å². The van der Waals surface area contributed by atoms with Gasteiger partial charge in [0, 0.05) is 25.9 Å². The normalized spacial score (nSPS) is 10.7. The Bertz CT molecular complexity index is 379. The van der Waals surface area contributed by atoms with Gasteiger partial charge in [-0.1, -0.05) is 17.7 Å². The van der Waals surface area contributed by atoms with Gasteiger partial charge in [-0.15, -0.1) is 0 Å². The van der Waals surface area contributed by atoms with Crippen molar-refractivity contribution in [2.75, 3.05) is 45.3 Å². The fourth-order valence-corrected chi connectivity index (χ4v) is 1.67. The fourth-order valence-electron chi connectivity index (χ4n) is 1.67. The van der Waals surface area contributed by atoms with E-state index in [-0.39, 0.29) is 19.1 Å². The van der Waals surface area contributed by atoms with E-state index in [2.05, 4.69) is 5.32 Å². The minimum Gasteiger partial charge on any atom is -0.395 e. The van der Waals surface area contributed by atoms with Gasteiger partial charge >= 0.3 is 0 Å². The summed E-state index contributed by atoms with van der Waals surface area (Å²) in [5, 5.41) is 11.8. The molecule has 0 radical (unpaired) electrons. The van der Waals surface area contributed by atoms with E-state index < -0.39 is 0 Å². The molecule has 0 atom stereocenters. The van der Waals surface area contributed by atoms with Gasteiger partial charge in [-0.3, -0.25) is 9.69 Å². The summed E-state index contributed by atoms with van der Waals surface area (Å²) in [6.45, 7) is 3.90. The average Bonchev–Trinajstić information content (AvgIpc) is 2.39. The van der Waals surface area contributed by atoms with Crippen molar-refractivity contribution >= 4 is 11.6 Å². The zero-order chi connectivity index (χ0) is 14.1. The van der Waals surface area contributed by atoms with Gasteiger partial charge in [0.2, 0.25) is 5.91 Å². The quantitative estimate of drug-likeness (QED) is 0.733. The van der Waals surface area contributed by atoms with Gasteiger partial charge in [0.05, 0.1) is 19.8 Å². The van der Waals surface area contributed by atoms with Crippen LogP contribution in [-0.2, 0) is 9.53 Å². The molecule has 0 saturated carbocycles. The van der Waals surface area contributed by atoms with Gasteiger partial charge < -0.3 is 15.2 Å².